The van der Waals surface area contributed by atoms with Gasteiger partial charge in [0.1, 0.15) is 18.0 Å². The van der Waals surface area contributed by atoms with E-state index in [1.54, 1.807) is 0 Å². The summed E-state index contributed by atoms with van der Waals surface area (Å²) < 4.78 is 37.9. The quantitative estimate of drug-likeness (QED) is 0.602. The van der Waals surface area contributed by atoms with E-state index in [-0.39, 0.29) is 17.2 Å². The molecule has 0 saturated carbocycles. The molecule has 1 heterocycles. The van der Waals surface area contributed by atoms with Gasteiger partial charge in [-0.05, 0) is 6.07 Å². The van der Waals surface area contributed by atoms with E-state index < -0.39 is 11.7 Å². The minimum atomic E-state index is -4.57. The molecule has 0 atom stereocenters. The highest BCUT2D eigenvalue weighted by Gasteiger charge is 2.34. The average molecular weight is 245 g/mol. The molecule has 0 spiro atoms. The first kappa shape index (κ1) is 12.9. The Labute approximate surface area is 95.1 Å². The van der Waals surface area contributed by atoms with Crippen molar-refractivity contribution >= 4 is 18.0 Å². The van der Waals surface area contributed by atoms with Crippen molar-refractivity contribution in [1.29, 1.82) is 0 Å². The maximum atomic E-state index is 12.6. The van der Waals surface area contributed by atoms with E-state index in [0.717, 1.165) is 12.4 Å². The van der Waals surface area contributed by atoms with Crippen molar-refractivity contribution in [2.45, 2.75) is 6.18 Å². The van der Waals surface area contributed by atoms with Crippen LogP contribution in [0.1, 0.15) is 11.1 Å². The summed E-state index contributed by atoms with van der Waals surface area (Å²) >= 11 is 0. The Morgan fingerprint density at radius 1 is 1.47 bits per heavy atom. The standard InChI is InChI=1S/C9H10F3N5/c1-15-4-17-8(14)5-2-7(13)16-3-6(5)9(10,11)12/h2-4H,1H3,(H2,13,16)(H2,14,15,17). The first-order chi connectivity index (χ1) is 7.86. The maximum Gasteiger partial charge on any atom is 0.418 e. The molecule has 0 fully saturated rings. The second-order valence-corrected chi connectivity index (χ2v) is 3.04. The fraction of sp³-hybridized carbons (Fsp3) is 0.222. The highest BCUT2D eigenvalue weighted by molar-refractivity contribution is 6.02. The molecule has 0 aromatic carbocycles. The van der Waals surface area contributed by atoms with E-state index in [9.17, 15) is 13.2 Å². The Hall–Kier alpha value is -2.12. The molecule has 17 heavy (non-hydrogen) atoms. The molecule has 0 bridgehead atoms. The van der Waals surface area contributed by atoms with Gasteiger partial charge in [0.2, 0.25) is 0 Å². The molecule has 0 unspecified atom stereocenters. The second kappa shape index (κ2) is 4.81. The van der Waals surface area contributed by atoms with Crippen LogP contribution >= 0.6 is 0 Å². The molecule has 8 heteroatoms. The van der Waals surface area contributed by atoms with Gasteiger partial charge >= 0.3 is 6.18 Å². The van der Waals surface area contributed by atoms with Crippen molar-refractivity contribution in [3.63, 3.8) is 0 Å². The van der Waals surface area contributed by atoms with Gasteiger partial charge in [0, 0.05) is 18.8 Å². The smallest absolute Gasteiger partial charge is 0.384 e. The van der Waals surface area contributed by atoms with Crippen molar-refractivity contribution in [2.24, 2.45) is 15.7 Å². The van der Waals surface area contributed by atoms with Crippen molar-refractivity contribution in [3.05, 3.63) is 23.4 Å². The molecular formula is C9H10F3N5. The van der Waals surface area contributed by atoms with Crippen molar-refractivity contribution in [2.75, 3.05) is 12.8 Å². The van der Waals surface area contributed by atoms with Crippen LogP contribution < -0.4 is 11.5 Å². The van der Waals surface area contributed by atoms with Gasteiger partial charge in [-0.25, -0.2) is 9.98 Å². The van der Waals surface area contributed by atoms with E-state index in [1.165, 1.54) is 7.05 Å². The highest BCUT2D eigenvalue weighted by Crippen LogP contribution is 2.31. The van der Waals surface area contributed by atoms with Gasteiger partial charge in [-0.2, -0.15) is 13.2 Å². The van der Waals surface area contributed by atoms with Crippen molar-refractivity contribution in [1.82, 2.24) is 4.98 Å². The van der Waals surface area contributed by atoms with Gasteiger partial charge in [0.25, 0.3) is 0 Å². The summed E-state index contributed by atoms with van der Waals surface area (Å²) in [4.78, 5) is 10.4. The Kier molecular flexibility index (Phi) is 3.66. The summed E-state index contributed by atoms with van der Waals surface area (Å²) in [7, 11) is 1.42. The minimum Gasteiger partial charge on any atom is -0.384 e. The number of anilines is 1. The SMILES string of the molecule is CN=CN=C(N)c1cc(N)ncc1C(F)(F)F. The van der Waals surface area contributed by atoms with Crippen LogP contribution in [-0.4, -0.2) is 24.2 Å². The van der Waals surface area contributed by atoms with Gasteiger partial charge in [0.05, 0.1) is 5.56 Å². The molecule has 0 radical (unpaired) electrons. The molecule has 0 aliphatic carbocycles. The predicted octanol–water partition coefficient (Wildman–Crippen LogP) is 1.05. The topological polar surface area (TPSA) is 89.6 Å². The normalized spacial score (nSPS) is 13.3. The highest BCUT2D eigenvalue weighted by atomic mass is 19.4. The summed E-state index contributed by atoms with van der Waals surface area (Å²) in [5.41, 5.74) is 9.43. The van der Waals surface area contributed by atoms with E-state index >= 15 is 0 Å². The summed E-state index contributed by atoms with van der Waals surface area (Å²) in [5.74, 6) is -0.392. The second-order valence-electron chi connectivity index (χ2n) is 3.04. The summed E-state index contributed by atoms with van der Waals surface area (Å²) in [6.07, 6.45) is -2.90. The van der Waals surface area contributed by atoms with Gasteiger partial charge in [0.15, 0.2) is 0 Å². The lowest BCUT2D eigenvalue weighted by atomic mass is 10.1. The summed E-state index contributed by atoms with van der Waals surface area (Å²) in [6, 6.07) is 1.02. The molecule has 0 aliphatic heterocycles. The van der Waals surface area contributed by atoms with Crippen LogP contribution in [-0.2, 0) is 6.18 Å². The van der Waals surface area contributed by atoms with Crippen LogP contribution in [0.2, 0.25) is 0 Å². The number of nitrogens with two attached hydrogens (primary N) is 2. The Balaban J connectivity index is 3.35. The number of hydrogen-bond donors (Lipinski definition) is 2. The largest absolute Gasteiger partial charge is 0.418 e. The fourth-order valence-corrected chi connectivity index (χ4v) is 1.10. The number of nitrogens with zero attached hydrogens (tertiary/aromatic N) is 3. The van der Waals surface area contributed by atoms with Gasteiger partial charge in [-0.3, -0.25) is 4.99 Å². The maximum absolute atomic E-state index is 12.6. The Morgan fingerprint density at radius 2 is 2.12 bits per heavy atom. The molecule has 0 aliphatic rings. The van der Waals surface area contributed by atoms with Crippen LogP contribution in [0, 0.1) is 0 Å². The lowest BCUT2D eigenvalue weighted by Gasteiger charge is -2.11. The lowest BCUT2D eigenvalue weighted by Crippen LogP contribution is -2.21. The van der Waals surface area contributed by atoms with E-state index in [2.05, 4.69) is 15.0 Å². The number of alkyl halides is 3. The Bertz CT molecular complexity index is 464. The minimum absolute atomic E-state index is 0.0698. The van der Waals surface area contributed by atoms with Crippen LogP contribution in [0.3, 0.4) is 0 Å². The van der Waals surface area contributed by atoms with E-state index in [1.807, 2.05) is 0 Å². The van der Waals surface area contributed by atoms with E-state index in [4.69, 9.17) is 11.5 Å². The number of nitrogen functional groups attached to an aromatic ring is 1. The lowest BCUT2D eigenvalue weighted by molar-refractivity contribution is -0.137. The van der Waals surface area contributed by atoms with Crippen molar-refractivity contribution < 1.29 is 13.2 Å². The predicted molar refractivity (Wildman–Crippen MR) is 58.8 cm³/mol. The molecule has 0 amide bonds. The van der Waals surface area contributed by atoms with Crippen molar-refractivity contribution in [3.8, 4) is 0 Å². The monoisotopic (exact) mass is 245 g/mol. The third-order valence-electron chi connectivity index (χ3n) is 1.82. The zero-order valence-electron chi connectivity index (χ0n) is 8.86. The molecule has 1 aromatic heterocycles. The summed E-state index contributed by atoms with van der Waals surface area (Å²) in [5, 5.41) is 0. The number of halogens is 3. The van der Waals surface area contributed by atoms with Crippen LogP contribution in [0.4, 0.5) is 19.0 Å². The van der Waals surface area contributed by atoms with Crippen LogP contribution in [0.25, 0.3) is 0 Å². The first-order valence-electron chi connectivity index (χ1n) is 4.43. The molecule has 5 nitrogen and oxygen atoms in total. The number of amidine groups is 1. The third-order valence-corrected chi connectivity index (χ3v) is 1.82. The first-order valence-corrected chi connectivity index (χ1v) is 4.43. The number of aliphatic imine (C=N–C) groups is 2. The van der Waals surface area contributed by atoms with Crippen LogP contribution in [0.15, 0.2) is 22.2 Å². The third kappa shape index (κ3) is 3.16. The Morgan fingerprint density at radius 3 is 2.65 bits per heavy atom. The van der Waals surface area contributed by atoms with Gasteiger partial charge in [-0.15, -0.1) is 0 Å². The molecule has 0 saturated heterocycles. The van der Waals surface area contributed by atoms with Crippen LogP contribution in [0.5, 0.6) is 0 Å². The number of rotatable bonds is 2. The number of hydrogen-bond acceptors (Lipinski definition) is 3. The zero-order chi connectivity index (χ0) is 13.1. The van der Waals surface area contributed by atoms with Gasteiger partial charge < -0.3 is 11.5 Å². The number of aromatic nitrogens is 1. The summed E-state index contributed by atoms with van der Waals surface area (Å²) in [6.45, 7) is 0. The zero-order valence-corrected chi connectivity index (χ0v) is 8.86. The fourth-order valence-electron chi connectivity index (χ4n) is 1.10. The molecule has 1 aromatic rings. The molecule has 92 valence electrons. The molecule has 1 rings (SSSR count). The number of pyridine rings is 1. The average Bonchev–Trinajstić information content (AvgIpc) is 2.24. The molecule has 4 N–H and O–H groups in total. The van der Waals surface area contributed by atoms with Gasteiger partial charge in [-0.1, -0.05) is 0 Å². The molecular weight excluding hydrogens is 235 g/mol. The van der Waals surface area contributed by atoms with E-state index in [0.29, 0.717) is 6.20 Å².